The lowest BCUT2D eigenvalue weighted by Gasteiger charge is -2.35. The molecule has 0 amide bonds. The number of nitrogens with one attached hydrogen (secondary N) is 1. The van der Waals surface area contributed by atoms with Crippen LogP contribution in [0.2, 0.25) is 0 Å². The van der Waals surface area contributed by atoms with Crippen LogP contribution in [0.15, 0.2) is 0 Å². The summed E-state index contributed by atoms with van der Waals surface area (Å²) in [7, 11) is 1.92. The number of rotatable bonds is 8. The number of hydrogen-bond donors (Lipinski definition) is 2. The van der Waals surface area contributed by atoms with Gasteiger partial charge in [-0.15, -0.1) is 0 Å². The molecule has 0 aromatic carbocycles. The molecular weight excluding hydrogens is 228 g/mol. The molecule has 1 rings (SSSR count). The van der Waals surface area contributed by atoms with Gasteiger partial charge in [0.25, 0.3) is 0 Å². The molecule has 18 heavy (non-hydrogen) atoms. The SMILES string of the molecule is CCCOC1CCCN(CCC(C)(CO)NC)C1. The number of likely N-dealkylation sites (N-methyl/N-ethyl adjacent to an activating group) is 1. The summed E-state index contributed by atoms with van der Waals surface area (Å²) in [5, 5.41) is 12.6. The first kappa shape index (κ1) is 15.9. The zero-order chi connectivity index (χ0) is 13.4. The van der Waals surface area contributed by atoms with E-state index in [0.717, 1.165) is 39.1 Å². The molecular formula is C14H30N2O2. The van der Waals surface area contributed by atoms with Crippen LogP contribution in [0.5, 0.6) is 0 Å². The second-order valence-electron chi connectivity index (χ2n) is 5.65. The second-order valence-corrected chi connectivity index (χ2v) is 5.65. The third kappa shape index (κ3) is 5.22. The van der Waals surface area contributed by atoms with E-state index in [2.05, 4.69) is 24.1 Å². The first-order valence-electron chi connectivity index (χ1n) is 7.27. The van der Waals surface area contributed by atoms with Gasteiger partial charge in [0, 0.05) is 25.2 Å². The van der Waals surface area contributed by atoms with Gasteiger partial charge in [0.05, 0.1) is 12.7 Å². The van der Waals surface area contributed by atoms with Crippen LogP contribution in [0.25, 0.3) is 0 Å². The van der Waals surface area contributed by atoms with Crippen molar-refractivity contribution < 1.29 is 9.84 Å². The van der Waals surface area contributed by atoms with Crippen molar-refractivity contribution in [3.8, 4) is 0 Å². The fourth-order valence-corrected chi connectivity index (χ4v) is 2.32. The maximum atomic E-state index is 9.38. The van der Waals surface area contributed by atoms with E-state index in [9.17, 15) is 5.11 Å². The highest BCUT2D eigenvalue weighted by Gasteiger charge is 2.24. The first-order chi connectivity index (χ1) is 8.63. The average molecular weight is 258 g/mol. The normalized spacial score (nSPS) is 25.0. The fraction of sp³-hybridized carbons (Fsp3) is 1.00. The summed E-state index contributed by atoms with van der Waals surface area (Å²) in [6.45, 7) is 8.53. The van der Waals surface area contributed by atoms with Crippen molar-refractivity contribution in [3.63, 3.8) is 0 Å². The van der Waals surface area contributed by atoms with Gasteiger partial charge in [-0.1, -0.05) is 6.92 Å². The molecule has 2 N–H and O–H groups in total. The largest absolute Gasteiger partial charge is 0.394 e. The summed E-state index contributed by atoms with van der Waals surface area (Å²) in [5.74, 6) is 0. The predicted molar refractivity (Wildman–Crippen MR) is 74.9 cm³/mol. The van der Waals surface area contributed by atoms with Gasteiger partial charge in [-0.2, -0.15) is 0 Å². The second kappa shape index (κ2) is 8.10. The van der Waals surface area contributed by atoms with E-state index in [-0.39, 0.29) is 12.1 Å². The summed E-state index contributed by atoms with van der Waals surface area (Å²) in [6.07, 6.45) is 4.90. The molecule has 4 heteroatoms. The Morgan fingerprint density at radius 2 is 2.28 bits per heavy atom. The molecule has 2 atom stereocenters. The van der Waals surface area contributed by atoms with E-state index >= 15 is 0 Å². The van der Waals surface area contributed by atoms with Crippen LogP contribution in [0.1, 0.15) is 39.5 Å². The highest BCUT2D eigenvalue weighted by molar-refractivity contribution is 4.83. The molecule has 0 saturated carbocycles. The van der Waals surface area contributed by atoms with Gasteiger partial charge < -0.3 is 20.1 Å². The predicted octanol–water partition coefficient (Wildman–Crippen LogP) is 1.24. The number of piperidine rings is 1. The molecule has 4 nitrogen and oxygen atoms in total. The van der Waals surface area contributed by atoms with Crippen molar-refractivity contribution >= 4 is 0 Å². The lowest BCUT2D eigenvalue weighted by molar-refractivity contribution is -0.00279. The minimum Gasteiger partial charge on any atom is -0.394 e. The highest BCUT2D eigenvalue weighted by atomic mass is 16.5. The van der Waals surface area contributed by atoms with Crippen molar-refractivity contribution in [1.82, 2.24) is 10.2 Å². The van der Waals surface area contributed by atoms with Gasteiger partial charge in [-0.3, -0.25) is 0 Å². The van der Waals surface area contributed by atoms with Gasteiger partial charge in [-0.05, 0) is 46.2 Å². The van der Waals surface area contributed by atoms with Crippen LogP contribution in [0.3, 0.4) is 0 Å². The van der Waals surface area contributed by atoms with Gasteiger partial charge in [-0.25, -0.2) is 0 Å². The van der Waals surface area contributed by atoms with E-state index < -0.39 is 0 Å². The van der Waals surface area contributed by atoms with Crippen molar-refractivity contribution in [3.05, 3.63) is 0 Å². The molecule has 0 aromatic rings. The van der Waals surface area contributed by atoms with E-state index in [1.807, 2.05) is 7.05 Å². The Balaban J connectivity index is 2.29. The van der Waals surface area contributed by atoms with Crippen molar-refractivity contribution in [1.29, 1.82) is 0 Å². The molecule has 1 aliphatic rings. The number of hydrogen-bond acceptors (Lipinski definition) is 4. The summed E-state index contributed by atoms with van der Waals surface area (Å²) in [6, 6.07) is 0. The van der Waals surface area contributed by atoms with E-state index in [4.69, 9.17) is 4.74 Å². The number of nitrogens with zero attached hydrogens (tertiary/aromatic N) is 1. The summed E-state index contributed by atoms with van der Waals surface area (Å²) < 4.78 is 5.84. The Hall–Kier alpha value is -0.160. The maximum absolute atomic E-state index is 9.38. The molecule has 1 fully saturated rings. The van der Waals surface area contributed by atoms with Crippen LogP contribution < -0.4 is 5.32 Å². The molecule has 0 radical (unpaired) electrons. The van der Waals surface area contributed by atoms with Crippen LogP contribution in [-0.4, -0.2) is 61.5 Å². The summed E-state index contributed by atoms with van der Waals surface area (Å²) >= 11 is 0. The van der Waals surface area contributed by atoms with Crippen LogP contribution in [0.4, 0.5) is 0 Å². The number of likely N-dealkylation sites (tertiary alicyclic amines) is 1. The standard InChI is InChI=1S/C14H30N2O2/c1-4-10-18-13-6-5-8-16(11-13)9-7-14(2,12-17)15-3/h13,15,17H,4-12H2,1-3H3. The molecule has 0 aliphatic carbocycles. The van der Waals surface area contributed by atoms with Crippen molar-refractivity contribution in [2.45, 2.75) is 51.2 Å². The molecule has 108 valence electrons. The molecule has 0 spiro atoms. The first-order valence-corrected chi connectivity index (χ1v) is 7.27. The zero-order valence-electron chi connectivity index (χ0n) is 12.2. The molecule has 1 heterocycles. The Bertz CT molecular complexity index is 220. The Morgan fingerprint density at radius 3 is 2.89 bits per heavy atom. The van der Waals surface area contributed by atoms with Crippen molar-refractivity contribution in [2.75, 3.05) is 39.9 Å². The number of ether oxygens (including phenoxy) is 1. The molecule has 1 aliphatic heterocycles. The smallest absolute Gasteiger partial charge is 0.0702 e. The minimum absolute atomic E-state index is 0.156. The highest BCUT2D eigenvalue weighted by Crippen LogP contribution is 2.16. The van der Waals surface area contributed by atoms with E-state index in [1.54, 1.807) is 0 Å². The van der Waals surface area contributed by atoms with E-state index in [1.165, 1.54) is 12.8 Å². The van der Waals surface area contributed by atoms with E-state index in [0.29, 0.717) is 6.10 Å². The van der Waals surface area contributed by atoms with Gasteiger partial charge >= 0.3 is 0 Å². The Labute approximate surface area is 112 Å². The fourth-order valence-electron chi connectivity index (χ4n) is 2.32. The van der Waals surface area contributed by atoms with Gasteiger partial charge in [0.15, 0.2) is 0 Å². The van der Waals surface area contributed by atoms with Gasteiger partial charge in [0.2, 0.25) is 0 Å². The summed E-state index contributed by atoms with van der Waals surface area (Å²) in [4.78, 5) is 2.47. The van der Waals surface area contributed by atoms with Crippen molar-refractivity contribution in [2.24, 2.45) is 0 Å². The topological polar surface area (TPSA) is 44.7 Å². The third-order valence-electron chi connectivity index (χ3n) is 3.95. The Kier molecular flexibility index (Phi) is 7.15. The molecule has 1 saturated heterocycles. The van der Waals surface area contributed by atoms with Crippen LogP contribution >= 0.6 is 0 Å². The summed E-state index contributed by atoms with van der Waals surface area (Å²) in [5.41, 5.74) is -0.156. The van der Waals surface area contributed by atoms with Crippen LogP contribution in [-0.2, 0) is 4.74 Å². The average Bonchev–Trinajstić information content (AvgIpc) is 2.43. The lowest BCUT2D eigenvalue weighted by atomic mass is 9.98. The zero-order valence-corrected chi connectivity index (χ0v) is 12.2. The molecule has 0 bridgehead atoms. The number of aliphatic hydroxyl groups is 1. The monoisotopic (exact) mass is 258 g/mol. The number of aliphatic hydroxyl groups excluding tert-OH is 1. The molecule has 2 unspecified atom stereocenters. The maximum Gasteiger partial charge on any atom is 0.0702 e. The minimum atomic E-state index is -0.156. The quantitative estimate of drug-likeness (QED) is 0.687. The molecule has 0 aromatic heterocycles. The Morgan fingerprint density at radius 1 is 1.50 bits per heavy atom. The lowest BCUT2D eigenvalue weighted by Crippen LogP contribution is -2.48. The van der Waals surface area contributed by atoms with Gasteiger partial charge in [0.1, 0.15) is 0 Å². The third-order valence-corrected chi connectivity index (χ3v) is 3.95. The van der Waals surface area contributed by atoms with Crippen LogP contribution in [0, 0.1) is 0 Å².